The standard InChI is InChI=1S/C22H38N6.HI/c1-6-23-22(25-18(4)12-11-16-27(7-2)8-3)24-15-17-28-19(5)26-20-13-9-10-14-21(20)28;/h9-10,13-14,18H,6-8,11-12,15-17H2,1-5H3,(H2,23,24,25);1H. The number of aliphatic imine (C=N–C) groups is 1. The van der Waals surface area contributed by atoms with Crippen molar-refractivity contribution in [3.63, 3.8) is 0 Å². The molecule has 0 aliphatic rings. The van der Waals surface area contributed by atoms with Crippen LogP contribution in [0.1, 0.15) is 46.4 Å². The second-order valence-corrected chi connectivity index (χ2v) is 7.27. The van der Waals surface area contributed by atoms with E-state index in [4.69, 9.17) is 4.99 Å². The van der Waals surface area contributed by atoms with E-state index < -0.39 is 0 Å². The van der Waals surface area contributed by atoms with Gasteiger partial charge in [0, 0.05) is 19.1 Å². The van der Waals surface area contributed by atoms with Gasteiger partial charge in [0.1, 0.15) is 5.82 Å². The molecule has 1 unspecified atom stereocenters. The molecule has 0 spiro atoms. The average molecular weight is 515 g/mol. The zero-order valence-electron chi connectivity index (χ0n) is 18.7. The van der Waals surface area contributed by atoms with Crippen LogP contribution in [0.3, 0.4) is 0 Å². The molecular formula is C22H39IN6. The topological polar surface area (TPSA) is 57.5 Å². The Morgan fingerprint density at radius 1 is 1.21 bits per heavy atom. The van der Waals surface area contributed by atoms with Gasteiger partial charge < -0.3 is 20.1 Å². The Morgan fingerprint density at radius 2 is 1.93 bits per heavy atom. The summed E-state index contributed by atoms with van der Waals surface area (Å²) in [7, 11) is 0. The second kappa shape index (κ2) is 13.8. The number of hydrogen-bond donors (Lipinski definition) is 2. The van der Waals surface area contributed by atoms with E-state index >= 15 is 0 Å². The fourth-order valence-electron chi connectivity index (χ4n) is 3.53. The fourth-order valence-corrected chi connectivity index (χ4v) is 3.53. The molecule has 2 rings (SSSR count). The Bertz CT molecular complexity index is 738. The number of benzene rings is 1. The molecule has 0 saturated heterocycles. The molecule has 2 aromatic rings. The van der Waals surface area contributed by atoms with Crippen molar-refractivity contribution in [1.29, 1.82) is 0 Å². The summed E-state index contributed by atoms with van der Waals surface area (Å²) in [6, 6.07) is 8.69. The van der Waals surface area contributed by atoms with Crippen LogP contribution in [-0.2, 0) is 6.54 Å². The number of para-hydroxylation sites is 2. The number of fused-ring (bicyclic) bond motifs is 1. The van der Waals surface area contributed by atoms with Gasteiger partial charge in [-0.15, -0.1) is 24.0 Å². The number of nitrogens with zero attached hydrogens (tertiary/aromatic N) is 4. The van der Waals surface area contributed by atoms with Gasteiger partial charge >= 0.3 is 0 Å². The van der Waals surface area contributed by atoms with Gasteiger partial charge in [-0.25, -0.2) is 4.98 Å². The van der Waals surface area contributed by atoms with Gasteiger partial charge in [-0.3, -0.25) is 4.99 Å². The molecule has 1 aromatic carbocycles. The lowest BCUT2D eigenvalue weighted by Crippen LogP contribution is -2.42. The number of nitrogens with one attached hydrogen (secondary N) is 2. The molecule has 0 radical (unpaired) electrons. The summed E-state index contributed by atoms with van der Waals surface area (Å²) in [5.74, 6) is 1.94. The van der Waals surface area contributed by atoms with E-state index in [2.05, 4.69) is 77.9 Å². The number of halogens is 1. The fraction of sp³-hybridized carbons (Fsp3) is 0.636. The Labute approximate surface area is 193 Å². The lowest BCUT2D eigenvalue weighted by Gasteiger charge is -2.21. The highest BCUT2D eigenvalue weighted by Gasteiger charge is 2.08. The molecule has 164 valence electrons. The molecule has 29 heavy (non-hydrogen) atoms. The van der Waals surface area contributed by atoms with Gasteiger partial charge in [0.05, 0.1) is 17.6 Å². The Balaban J connectivity index is 0.00000420. The number of hydrogen-bond acceptors (Lipinski definition) is 3. The molecule has 6 nitrogen and oxygen atoms in total. The molecule has 0 saturated carbocycles. The highest BCUT2D eigenvalue weighted by molar-refractivity contribution is 14.0. The van der Waals surface area contributed by atoms with Crippen LogP contribution in [0.15, 0.2) is 29.3 Å². The Kier molecular flexibility index (Phi) is 12.2. The molecule has 7 heteroatoms. The predicted molar refractivity (Wildman–Crippen MR) is 135 cm³/mol. The van der Waals surface area contributed by atoms with E-state index in [0.717, 1.165) is 56.4 Å². The minimum absolute atomic E-state index is 0. The lowest BCUT2D eigenvalue weighted by molar-refractivity contribution is 0.292. The van der Waals surface area contributed by atoms with E-state index in [-0.39, 0.29) is 24.0 Å². The number of rotatable bonds is 11. The maximum Gasteiger partial charge on any atom is 0.191 e. The van der Waals surface area contributed by atoms with Crippen LogP contribution in [0.25, 0.3) is 11.0 Å². The minimum atomic E-state index is 0. The smallest absolute Gasteiger partial charge is 0.191 e. The minimum Gasteiger partial charge on any atom is -0.357 e. The molecule has 0 amide bonds. The predicted octanol–water partition coefficient (Wildman–Crippen LogP) is 4.03. The Morgan fingerprint density at radius 3 is 2.62 bits per heavy atom. The molecule has 1 aromatic heterocycles. The first kappa shape index (κ1) is 25.7. The largest absolute Gasteiger partial charge is 0.357 e. The third kappa shape index (κ3) is 8.12. The molecule has 0 bridgehead atoms. The van der Waals surface area contributed by atoms with Gasteiger partial charge in [-0.05, 0) is 65.4 Å². The van der Waals surface area contributed by atoms with Crippen molar-refractivity contribution in [2.75, 3.05) is 32.7 Å². The first-order valence-electron chi connectivity index (χ1n) is 10.8. The number of aryl methyl sites for hydroxylation is 1. The maximum absolute atomic E-state index is 4.79. The van der Waals surface area contributed by atoms with Crippen LogP contribution in [0.2, 0.25) is 0 Å². The quantitative estimate of drug-likeness (QED) is 0.270. The summed E-state index contributed by atoms with van der Waals surface area (Å²) in [5, 5.41) is 6.93. The van der Waals surface area contributed by atoms with E-state index in [1.807, 2.05) is 6.07 Å². The monoisotopic (exact) mass is 514 g/mol. The molecule has 0 aliphatic heterocycles. The summed E-state index contributed by atoms with van der Waals surface area (Å²) < 4.78 is 2.25. The van der Waals surface area contributed by atoms with Crippen molar-refractivity contribution in [1.82, 2.24) is 25.1 Å². The Hall–Kier alpha value is -1.35. The highest BCUT2D eigenvalue weighted by Crippen LogP contribution is 2.15. The van der Waals surface area contributed by atoms with Crippen LogP contribution in [0, 0.1) is 6.92 Å². The third-order valence-corrected chi connectivity index (χ3v) is 5.17. The summed E-state index contributed by atoms with van der Waals surface area (Å²) >= 11 is 0. The number of aromatic nitrogens is 2. The van der Waals surface area contributed by atoms with Crippen LogP contribution in [-0.4, -0.2) is 59.2 Å². The molecule has 2 N–H and O–H groups in total. The highest BCUT2D eigenvalue weighted by atomic mass is 127. The van der Waals surface area contributed by atoms with E-state index in [1.54, 1.807) is 0 Å². The number of imidazole rings is 1. The first-order chi connectivity index (χ1) is 13.6. The van der Waals surface area contributed by atoms with Crippen LogP contribution in [0.4, 0.5) is 0 Å². The molecule has 0 aliphatic carbocycles. The zero-order chi connectivity index (χ0) is 20.4. The summed E-state index contributed by atoms with van der Waals surface area (Å²) in [4.78, 5) is 11.9. The van der Waals surface area contributed by atoms with E-state index in [9.17, 15) is 0 Å². The van der Waals surface area contributed by atoms with Crippen LogP contribution in [0.5, 0.6) is 0 Å². The normalized spacial score (nSPS) is 12.8. The maximum atomic E-state index is 4.79. The number of guanidine groups is 1. The van der Waals surface area contributed by atoms with Crippen molar-refractivity contribution in [2.24, 2.45) is 4.99 Å². The van der Waals surface area contributed by atoms with Crippen molar-refractivity contribution in [3.8, 4) is 0 Å². The van der Waals surface area contributed by atoms with Crippen LogP contribution >= 0.6 is 24.0 Å². The van der Waals surface area contributed by atoms with E-state index in [1.165, 1.54) is 18.5 Å². The van der Waals surface area contributed by atoms with Crippen molar-refractivity contribution in [3.05, 3.63) is 30.1 Å². The van der Waals surface area contributed by atoms with Crippen molar-refractivity contribution >= 4 is 41.0 Å². The van der Waals surface area contributed by atoms with Crippen molar-refractivity contribution in [2.45, 2.75) is 60.0 Å². The molecular weight excluding hydrogens is 475 g/mol. The van der Waals surface area contributed by atoms with Gasteiger partial charge in [0.2, 0.25) is 0 Å². The van der Waals surface area contributed by atoms with E-state index in [0.29, 0.717) is 6.04 Å². The summed E-state index contributed by atoms with van der Waals surface area (Å²) in [5.41, 5.74) is 2.23. The summed E-state index contributed by atoms with van der Waals surface area (Å²) in [6.45, 7) is 16.7. The molecule has 1 heterocycles. The van der Waals surface area contributed by atoms with Gasteiger partial charge in [0.25, 0.3) is 0 Å². The molecule has 1 atom stereocenters. The second-order valence-electron chi connectivity index (χ2n) is 7.27. The lowest BCUT2D eigenvalue weighted by atomic mass is 10.2. The van der Waals surface area contributed by atoms with Crippen LogP contribution < -0.4 is 10.6 Å². The van der Waals surface area contributed by atoms with Gasteiger partial charge in [-0.1, -0.05) is 26.0 Å². The van der Waals surface area contributed by atoms with Gasteiger partial charge in [0.15, 0.2) is 5.96 Å². The first-order valence-corrected chi connectivity index (χ1v) is 10.8. The van der Waals surface area contributed by atoms with Gasteiger partial charge in [-0.2, -0.15) is 0 Å². The third-order valence-electron chi connectivity index (χ3n) is 5.17. The van der Waals surface area contributed by atoms with Crippen molar-refractivity contribution < 1.29 is 0 Å². The SMILES string of the molecule is CCNC(=NCCn1c(C)nc2ccccc21)NC(C)CCCN(CC)CC.I. The summed E-state index contributed by atoms with van der Waals surface area (Å²) in [6.07, 6.45) is 2.35. The average Bonchev–Trinajstić information content (AvgIpc) is 3.01. The molecule has 0 fully saturated rings. The zero-order valence-corrected chi connectivity index (χ0v) is 21.1.